The predicted octanol–water partition coefficient (Wildman–Crippen LogP) is 3.25. The van der Waals surface area contributed by atoms with Gasteiger partial charge in [-0.05, 0) is 24.1 Å². The first-order valence-corrected chi connectivity index (χ1v) is 9.06. The average molecular weight is 416 g/mol. The molecular weight excluding hydrogens is 398 g/mol. The maximum atomic E-state index is 12.5. The van der Waals surface area contributed by atoms with Crippen LogP contribution in [-0.2, 0) is 16.0 Å². The molecule has 7 nitrogen and oxygen atoms in total. The van der Waals surface area contributed by atoms with Crippen molar-refractivity contribution < 1.29 is 23.8 Å². The second kappa shape index (κ2) is 8.36. The van der Waals surface area contributed by atoms with E-state index in [0.29, 0.717) is 27.3 Å². The Hall–Kier alpha value is -3.32. The minimum absolute atomic E-state index is 0.133. The first-order chi connectivity index (χ1) is 13.8. The highest BCUT2D eigenvalue weighted by Crippen LogP contribution is 2.31. The highest BCUT2D eigenvalue weighted by atomic mass is 35.5. The zero-order valence-corrected chi connectivity index (χ0v) is 16.4. The van der Waals surface area contributed by atoms with Crippen molar-refractivity contribution >= 4 is 34.4 Å². The van der Waals surface area contributed by atoms with E-state index in [1.54, 1.807) is 43.3 Å². The molecule has 29 heavy (non-hydrogen) atoms. The molecule has 2 aromatic carbocycles. The Bertz CT molecular complexity index is 1140. The Morgan fingerprint density at radius 1 is 1.24 bits per heavy atom. The van der Waals surface area contributed by atoms with Crippen LogP contribution in [0.25, 0.3) is 11.0 Å². The molecule has 0 aliphatic carbocycles. The van der Waals surface area contributed by atoms with Crippen molar-refractivity contribution in [2.45, 2.75) is 19.4 Å². The summed E-state index contributed by atoms with van der Waals surface area (Å²) < 4.78 is 10.4. The van der Waals surface area contributed by atoms with Gasteiger partial charge < -0.3 is 19.6 Å². The third kappa shape index (κ3) is 4.25. The highest BCUT2D eigenvalue weighted by molar-refractivity contribution is 6.32. The summed E-state index contributed by atoms with van der Waals surface area (Å²) in [6, 6.07) is 10.2. The molecule has 0 radical (unpaired) electrons. The molecular formula is C21H18ClNO6. The molecule has 0 spiro atoms. The second-order valence-electron chi connectivity index (χ2n) is 6.40. The molecule has 0 bridgehead atoms. The van der Waals surface area contributed by atoms with Gasteiger partial charge in [0.15, 0.2) is 6.04 Å². The zero-order chi connectivity index (χ0) is 21.1. The molecule has 2 N–H and O–H groups in total. The van der Waals surface area contributed by atoms with Gasteiger partial charge in [0.2, 0.25) is 5.91 Å². The van der Waals surface area contributed by atoms with Crippen LogP contribution in [0.5, 0.6) is 5.75 Å². The SMILES string of the molecule is COc1cc2oc(=O)c(CC(=O)N[C@@H](C(=O)O)c3ccccc3)c(C)c2cc1Cl. The predicted molar refractivity (Wildman–Crippen MR) is 107 cm³/mol. The molecule has 0 aliphatic rings. The van der Waals surface area contributed by atoms with Gasteiger partial charge in [-0.1, -0.05) is 41.9 Å². The number of carboxylic acid groups (broad SMARTS) is 1. The van der Waals surface area contributed by atoms with Gasteiger partial charge in [-0.15, -0.1) is 0 Å². The average Bonchev–Trinajstić information content (AvgIpc) is 2.70. The molecule has 3 aromatic rings. The number of aryl methyl sites for hydroxylation is 1. The van der Waals surface area contributed by atoms with Gasteiger partial charge in [0, 0.05) is 11.5 Å². The third-order valence-electron chi connectivity index (χ3n) is 4.58. The number of fused-ring (bicyclic) bond motifs is 1. The number of ether oxygens (including phenoxy) is 1. The lowest BCUT2D eigenvalue weighted by molar-refractivity contribution is -0.142. The summed E-state index contributed by atoms with van der Waals surface area (Å²) in [5.74, 6) is -1.46. The quantitative estimate of drug-likeness (QED) is 0.598. The molecule has 0 unspecified atom stereocenters. The van der Waals surface area contributed by atoms with Gasteiger partial charge >= 0.3 is 11.6 Å². The molecule has 0 fully saturated rings. The van der Waals surface area contributed by atoms with E-state index in [2.05, 4.69) is 5.32 Å². The van der Waals surface area contributed by atoms with E-state index in [-0.39, 0.29) is 17.6 Å². The second-order valence-corrected chi connectivity index (χ2v) is 6.81. The first kappa shape index (κ1) is 20.4. The maximum absolute atomic E-state index is 12.5. The molecule has 1 aromatic heterocycles. The molecule has 3 rings (SSSR count). The molecule has 1 heterocycles. The van der Waals surface area contributed by atoms with Crippen LogP contribution in [0.1, 0.15) is 22.7 Å². The van der Waals surface area contributed by atoms with Crippen molar-refractivity contribution in [3.8, 4) is 5.75 Å². The lowest BCUT2D eigenvalue weighted by atomic mass is 10.0. The Labute approximate surface area is 170 Å². The molecule has 0 saturated carbocycles. The van der Waals surface area contributed by atoms with E-state index in [0.717, 1.165) is 0 Å². The van der Waals surface area contributed by atoms with Gasteiger partial charge in [-0.25, -0.2) is 9.59 Å². The van der Waals surface area contributed by atoms with Crippen LogP contribution in [-0.4, -0.2) is 24.1 Å². The van der Waals surface area contributed by atoms with Gasteiger partial charge in [0.1, 0.15) is 11.3 Å². The van der Waals surface area contributed by atoms with E-state index < -0.39 is 23.5 Å². The largest absolute Gasteiger partial charge is 0.495 e. The van der Waals surface area contributed by atoms with E-state index in [4.69, 9.17) is 20.8 Å². The van der Waals surface area contributed by atoms with E-state index >= 15 is 0 Å². The smallest absolute Gasteiger partial charge is 0.340 e. The maximum Gasteiger partial charge on any atom is 0.340 e. The van der Waals surface area contributed by atoms with Gasteiger partial charge in [-0.2, -0.15) is 0 Å². The van der Waals surface area contributed by atoms with Crippen molar-refractivity contribution in [3.63, 3.8) is 0 Å². The number of carbonyl (C=O) groups is 2. The minimum atomic E-state index is -1.23. The van der Waals surface area contributed by atoms with Crippen molar-refractivity contribution in [2.75, 3.05) is 7.11 Å². The van der Waals surface area contributed by atoms with E-state index in [1.807, 2.05) is 0 Å². The van der Waals surface area contributed by atoms with Crippen LogP contribution in [0.4, 0.5) is 0 Å². The Kier molecular flexibility index (Phi) is 5.89. The number of benzene rings is 2. The van der Waals surface area contributed by atoms with Crippen molar-refractivity contribution in [3.05, 3.63) is 74.6 Å². The molecule has 0 aliphatic heterocycles. The van der Waals surface area contributed by atoms with Crippen molar-refractivity contribution in [1.82, 2.24) is 5.32 Å². The molecule has 1 amide bonds. The van der Waals surface area contributed by atoms with Crippen molar-refractivity contribution in [2.24, 2.45) is 0 Å². The first-order valence-electron chi connectivity index (χ1n) is 8.68. The number of nitrogens with one attached hydrogen (secondary N) is 1. The van der Waals surface area contributed by atoms with Gasteiger partial charge in [0.25, 0.3) is 0 Å². The normalized spacial score (nSPS) is 11.8. The number of halogens is 1. The summed E-state index contributed by atoms with van der Waals surface area (Å²) in [5, 5.41) is 12.8. The monoisotopic (exact) mass is 415 g/mol. The Morgan fingerprint density at radius 2 is 1.93 bits per heavy atom. The number of hydrogen-bond acceptors (Lipinski definition) is 5. The fraction of sp³-hybridized carbons (Fsp3) is 0.190. The minimum Gasteiger partial charge on any atom is -0.495 e. The van der Waals surface area contributed by atoms with Crippen LogP contribution >= 0.6 is 11.6 Å². The summed E-state index contributed by atoms with van der Waals surface area (Å²) in [5.41, 5.74) is 0.692. The molecule has 150 valence electrons. The zero-order valence-electron chi connectivity index (χ0n) is 15.7. The number of amides is 1. The molecule has 8 heteroatoms. The number of carbonyl (C=O) groups excluding carboxylic acids is 1. The summed E-state index contributed by atoms with van der Waals surface area (Å²) in [4.78, 5) is 36.5. The number of methoxy groups -OCH3 is 1. The summed E-state index contributed by atoms with van der Waals surface area (Å²) >= 11 is 6.16. The number of carboxylic acids is 1. The van der Waals surface area contributed by atoms with Crippen LogP contribution in [0.3, 0.4) is 0 Å². The Morgan fingerprint density at radius 3 is 2.55 bits per heavy atom. The lowest BCUT2D eigenvalue weighted by Crippen LogP contribution is -2.35. The van der Waals surface area contributed by atoms with Crippen LogP contribution in [0, 0.1) is 6.92 Å². The Balaban J connectivity index is 1.92. The summed E-state index contributed by atoms with van der Waals surface area (Å²) in [6.45, 7) is 1.68. The fourth-order valence-electron chi connectivity index (χ4n) is 3.06. The van der Waals surface area contributed by atoms with E-state index in [1.165, 1.54) is 13.2 Å². The molecule has 0 saturated heterocycles. The standard InChI is InChI=1S/C21H18ClNO6/c1-11-13-8-15(22)17(28-2)10-16(13)29-21(27)14(11)9-18(24)23-19(20(25)26)12-6-4-3-5-7-12/h3-8,10,19H,9H2,1-2H3,(H,23,24)(H,25,26)/t19-/m1/s1. The number of hydrogen-bond donors (Lipinski definition) is 2. The van der Waals surface area contributed by atoms with Crippen LogP contribution < -0.4 is 15.7 Å². The lowest BCUT2D eigenvalue weighted by Gasteiger charge is -2.15. The van der Waals surface area contributed by atoms with E-state index in [9.17, 15) is 19.5 Å². The number of aliphatic carboxylic acids is 1. The highest BCUT2D eigenvalue weighted by Gasteiger charge is 2.23. The fourth-order valence-corrected chi connectivity index (χ4v) is 3.30. The topological polar surface area (TPSA) is 106 Å². The van der Waals surface area contributed by atoms with Crippen LogP contribution in [0.15, 0.2) is 51.7 Å². The molecule has 1 atom stereocenters. The number of rotatable bonds is 6. The van der Waals surface area contributed by atoms with Crippen molar-refractivity contribution in [1.29, 1.82) is 0 Å². The van der Waals surface area contributed by atoms with Crippen LogP contribution in [0.2, 0.25) is 5.02 Å². The summed E-state index contributed by atoms with van der Waals surface area (Å²) in [6.07, 6.45) is -0.329. The summed E-state index contributed by atoms with van der Waals surface area (Å²) in [7, 11) is 1.45. The van der Waals surface area contributed by atoms with Gasteiger partial charge in [0.05, 0.1) is 24.1 Å². The third-order valence-corrected chi connectivity index (χ3v) is 4.88. The van der Waals surface area contributed by atoms with Gasteiger partial charge in [-0.3, -0.25) is 4.79 Å².